The minimum absolute atomic E-state index is 0. The molecule has 0 amide bonds. The van der Waals surface area contributed by atoms with Crippen LogP contribution < -0.4 is 4.90 Å². The quantitative estimate of drug-likeness (QED) is 0.552. The third-order valence-electron chi connectivity index (χ3n) is 4.75. The summed E-state index contributed by atoms with van der Waals surface area (Å²) in [6.45, 7) is 6.42. The van der Waals surface area contributed by atoms with Gasteiger partial charge >= 0.3 is 0 Å². The first-order chi connectivity index (χ1) is 12.5. The van der Waals surface area contributed by atoms with Gasteiger partial charge < -0.3 is 9.64 Å². The van der Waals surface area contributed by atoms with Crippen LogP contribution >= 0.6 is 24.0 Å². The second-order valence-corrected chi connectivity index (χ2v) is 7.28. The third kappa shape index (κ3) is 4.70. The Morgan fingerprint density at radius 2 is 1.81 bits per heavy atom. The molecule has 6 heteroatoms. The summed E-state index contributed by atoms with van der Waals surface area (Å²) < 4.78 is 5.29. The van der Waals surface area contributed by atoms with Gasteiger partial charge in [0.1, 0.15) is 0 Å². The number of fused-ring (bicyclic) bond motifs is 1. The lowest BCUT2D eigenvalue weighted by Gasteiger charge is -2.26. The maximum atomic E-state index is 5.91. The van der Waals surface area contributed by atoms with E-state index in [2.05, 4.69) is 53.2 Å². The van der Waals surface area contributed by atoms with E-state index in [1.165, 1.54) is 11.3 Å². The Hall–Kier alpha value is -1.88. The molecule has 1 heterocycles. The van der Waals surface area contributed by atoms with E-state index in [0.717, 1.165) is 22.8 Å². The Morgan fingerprint density at radius 3 is 2.52 bits per heavy atom. The van der Waals surface area contributed by atoms with E-state index in [0.29, 0.717) is 13.2 Å². The predicted molar refractivity (Wildman–Crippen MR) is 114 cm³/mol. The molecule has 0 saturated heterocycles. The van der Waals surface area contributed by atoms with E-state index in [1.54, 1.807) is 7.11 Å². The monoisotopic (exact) mass is 405 g/mol. The van der Waals surface area contributed by atoms with Crippen molar-refractivity contribution in [2.75, 3.05) is 25.2 Å². The molecule has 2 aromatic carbocycles. The smallest absolute Gasteiger partial charge is 0.0853 e. The minimum atomic E-state index is -0.121. The summed E-state index contributed by atoms with van der Waals surface area (Å²) in [6, 6.07) is 16.2. The van der Waals surface area contributed by atoms with Gasteiger partial charge in [-0.05, 0) is 29.3 Å². The lowest BCUT2D eigenvalue weighted by atomic mass is 9.84. The molecule has 0 atom stereocenters. The highest BCUT2D eigenvalue weighted by Gasteiger charge is 2.39. The highest BCUT2D eigenvalue weighted by molar-refractivity contribution is 6.30. The van der Waals surface area contributed by atoms with Crippen molar-refractivity contribution in [1.29, 1.82) is 0 Å². The highest BCUT2D eigenvalue weighted by Crippen LogP contribution is 2.47. The van der Waals surface area contributed by atoms with E-state index < -0.39 is 0 Å². The van der Waals surface area contributed by atoms with Crippen LogP contribution in [0.25, 0.3) is 0 Å². The number of para-hydroxylation sites is 1. The number of nitrogens with zero attached hydrogens (tertiary/aromatic N) is 3. The molecule has 27 heavy (non-hydrogen) atoms. The van der Waals surface area contributed by atoms with Crippen molar-refractivity contribution in [2.24, 2.45) is 10.2 Å². The fourth-order valence-electron chi connectivity index (χ4n) is 3.31. The molecule has 4 nitrogen and oxygen atoms in total. The predicted octanol–water partition coefficient (Wildman–Crippen LogP) is 6.00. The number of azo groups is 1. The Balaban J connectivity index is 0.00000261. The number of ether oxygens (including phenoxy) is 1. The summed E-state index contributed by atoms with van der Waals surface area (Å²) in [7, 11) is 1.72. The van der Waals surface area contributed by atoms with Gasteiger partial charge in [0.05, 0.1) is 19.4 Å². The first kappa shape index (κ1) is 21.4. The topological polar surface area (TPSA) is 37.2 Å². The lowest BCUT2D eigenvalue weighted by molar-refractivity contribution is 0.206. The Bertz CT molecular complexity index is 816. The number of benzene rings is 2. The summed E-state index contributed by atoms with van der Waals surface area (Å²) in [5, 5.41) is 9.41. The summed E-state index contributed by atoms with van der Waals surface area (Å²) >= 11 is 5.91. The molecule has 1 aliphatic heterocycles. The van der Waals surface area contributed by atoms with Gasteiger partial charge in [-0.2, -0.15) is 10.2 Å². The molecule has 0 aliphatic carbocycles. The van der Waals surface area contributed by atoms with E-state index in [9.17, 15) is 0 Å². The van der Waals surface area contributed by atoms with Gasteiger partial charge in [-0.3, -0.25) is 0 Å². The largest absolute Gasteiger partial charge is 0.383 e. The van der Waals surface area contributed by atoms with Crippen molar-refractivity contribution in [1.82, 2.24) is 0 Å². The van der Waals surface area contributed by atoms with E-state index >= 15 is 0 Å². The van der Waals surface area contributed by atoms with Gasteiger partial charge in [0, 0.05) is 35.5 Å². The number of methoxy groups -OCH3 is 1. The number of rotatable bonds is 6. The van der Waals surface area contributed by atoms with Crippen LogP contribution in [0.5, 0.6) is 0 Å². The van der Waals surface area contributed by atoms with E-state index in [4.69, 9.17) is 16.3 Å². The summed E-state index contributed by atoms with van der Waals surface area (Å²) in [4.78, 5) is 2.28. The molecule has 0 unspecified atom stereocenters. The number of anilines is 1. The molecule has 3 rings (SSSR count). The number of halogens is 2. The fourth-order valence-corrected chi connectivity index (χ4v) is 3.43. The first-order valence-corrected chi connectivity index (χ1v) is 9.09. The first-order valence-electron chi connectivity index (χ1n) is 8.71. The third-order valence-corrected chi connectivity index (χ3v) is 5.00. The van der Waals surface area contributed by atoms with Crippen LogP contribution in [0, 0.1) is 0 Å². The van der Waals surface area contributed by atoms with Gasteiger partial charge in [-0.1, -0.05) is 55.8 Å². The van der Waals surface area contributed by atoms with Crippen LogP contribution in [0.1, 0.15) is 25.0 Å². The van der Waals surface area contributed by atoms with Gasteiger partial charge in [0.2, 0.25) is 0 Å². The summed E-state index contributed by atoms with van der Waals surface area (Å²) in [5.41, 5.74) is 4.62. The van der Waals surface area contributed by atoms with Crippen molar-refractivity contribution < 1.29 is 4.74 Å². The number of hydrogen-bond donors (Lipinski definition) is 0. The van der Waals surface area contributed by atoms with Gasteiger partial charge in [-0.15, -0.1) is 12.4 Å². The van der Waals surface area contributed by atoms with Crippen molar-refractivity contribution in [3.63, 3.8) is 0 Å². The van der Waals surface area contributed by atoms with Crippen molar-refractivity contribution in [2.45, 2.75) is 25.8 Å². The van der Waals surface area contributed by atoms with Crippen LogP contribution in [0.3, 0.4) is 0 Å². The SMILES string of the molecule is COCCN1C(=CN=NCc2ccc(Cl)cc2)C(C)(C)c2ccccc21.Cl. The zero-order chi connectivity index (χ0) is 18.6. The summed E-state index contributed by atoms with van der Waals surface area (Å²) in [5.74, 6) is 0. The average Bonchev–Trinajstić information content (AvgIpc) is 2.86. The molecule has 2 aromatic rings. The molecule has 0 saturated carbocycles. The highest BCUT2D eigenvalue weighted by atomic mass is 35.5. The van der Waals surface area contributed by atoms with Crippen LogP contribution in [0.15, 0.2) is 70.7 Å². The molecular formula is C21H25Cl2N3O. The van der Waals surface area contributed by atoms with Crippen LogP contribution in [-0.2, 0) is 16.7 Å². The Kier molecular flexibility index (Phi) is 7.42. The van der Waals surface area contributed by atoms with Gasteiger partial charge in [-0.25, -0.2) is 0 Å². The standard InChI is InChI=1S/C21H24ClN3O.ClH/c1-21(2)18-6-4-5-7-19(18)25(12-13-26-3)20(21)15-24-23-14-16-8-10-17(22)11-9-16;/h4-11,15H,12-14H2,1-3H3;1H. The molecule has 0 N–H and O–H groups in total. The molecule has 1 aliphatic rings. The van der Waals surface area contributed by atoms with Crippen molar-refractivity contribution in [3.05, 3.63) is 76.6 Å². The fraction of sp³-hybridized carbons (Fsp3) is 0.333. The second kappa shape index (κ2) is 9.36. The normalized spacial score (nSPS) is 16.6. The average molecular weight is 406 g/mol. The maximum Gasteiger partial charge on any atom is 0.0853 e. The molecular weight excluding hydrogens is 381 g/mol. The van der Waals surface area contributed by atoms with Crippen LogP contribution in [0.4, 0.5) is 5.69 Å². The zero-order valence-electron chi connectivity index (χ0n) is 15.9. The van der Waals surface area contributed by atoms with Crippen LogP contribution in [0.2, 0.25) is 5.02 Å². The second-order valence-electron chi connectivity index (χ2n) is 6.84. The Labute approximate surface area is 172 Å². The molecule has 0 aromatic heterocycles. The minimum Gasteiger partial charge on any atom is -0.383 e. The van der Waals surface area contributed by atoms with Crippen LogP contribution in [-0.4, -0.2) is 20.3 Å². The molecule has 0 radical (unpaired) electrons. The molecule has 0 spiro atoms. The lowest BCUT2D eigenvalue weighted by Crippen LogP contribution is -2.28. The van der Waals surface area contributed by atoms with Gasteiger partial charge in [0.15, 0.2) is 0 Å². The summed E-state index contributed by atoms with van der Waals surface area (Å²) in [6.07, 6.45) is 1.88. The Morgan fingerprint density at radius 1 is 1.11 bits per heavy atom. The van der Waals surface area contributed by atoms with Gasteiger partial charge in [0.25, 0.3) is 0 Å². The maximum absolute atomic E-state index is 5.91. The number of allylic oxidation sites excluding steroid dienone is 1. The van der Waals surface area contributed by atoms with E-state index in [1.807, 2.05) is 30.5 Å². The van der Waals surface area contributed by atoms with Crippen molar-refractivity contribution in [3.8, 4) is 0 Å². The molecule has 0 bridgehead atoms. The zero-order valence-corrected chi connectivity index (χ0v) is 17.4. The molecule has 0 fully saturated rings. The number of hydrogen-bond acceptors (Lipinski definition) is 4. The molecule has 144 valence electrons. The van der Waals surface area contributed by atoms with Crippen molar-refractivity contribution >= 4 is 29.7 Å². The van der Waals surface area contributed by atoms with E-state index in [-0.39, 0.29) is 17.8 Å².